The molecule has 1 aromatic carbocycles. The van der Waals surface area contributed by atoms with Crippen molar-refractivity contribution in [3.63, 3.8) is 0 Å². The Morgan fingerprint density at radius 3 is 3.06 bits per heavy atom. The van der Waals surface area contributed by atoms with Crippen molar-refractivity contribution in [3.05, 3.63) is 29.3 Å². The Bertz CT molecular complexity index is 523. The Hall–Kier alpha value is -1.93. The topological polar surface area (TPSA) is 65.8 Å². The number of carbonyl (C=O) groups is 1. The molecule has 4 nitrogen and oxygen atoms in total. The van der Waals surface area contributed by atoms with E-state index in [9.17, 15) is 4.79 Å². The number of para-hydroxylation sites is 1. The van der Waals surface area contributed by atoms with Gasteiger partial charge in [0, 0.05) is 12.8 Å². The predicted octanol–water partition coefficient (Wildman–Crippen LogP) is 1.83. The summed E-state index contributed by atoms with van der Waals surface area (Å²) in [4.78, 5) is 15.5. The van der Waals surface area contributed by atoms with Crippen molar-refractivity contribution in [3.8, 4) is 6.19 Å². The van der Waals surface area contributed by atoms with Gasteiger partial charge in [-0.25, -0.2) is 4.98 Å². The maximum Gasteiger partial charge on any atom is 0.233 e. The van der Waals surface area contributed by atoms with Crippen LogP contribution in [0.4, 0.5) is 0 Å². The number of amides is 1. The summed E-state index contributed by atoms with van der Waals surface area (Å²) in [7, 11) is 0. The molecule has 16 heavy (non-hydrogen) atoms. The van der Waals surface area contributed by atoms with Gasteiger partial charge in [0.05, 0.1) is 15.2 Å². The van der Waals surface area contributed by atoms with Crippen LogP contribution in [0, 0.1) is 11.5 Å². The van der Waals surface area contributed by atoms with Gasteiger partial charge in [-0.3, -0.25) is 10.1 Å². The van der Waals surface area contributed by atoms with Gasteiger partial charge >= 0.3 is 0 Å². The van der Waals surface area contributed by atoms with Gasteiger partial charge in [-0.05, 0) is 12.1 Å². The summed E-state index contributed by atoms with van der Waals surface area (Å²) in [5.74, 6) is -0.262. The Labute approximate surface area is 96.5 Å². The number of nitrogens with zero attached hydrogens (tertiary/aromatic N) is 2. The number of nitrogens with one attached hydrogen (secondary N) is 1. The number of aryl methyl sites for hydroxylation is 1. The highest BCUT2D eigenvalue weighted by Gasteiger charge is 2.05. The van der Waals surface area contributed by atoms with E-state index in [1.807, 2.05) is 24.3 Å². The van der Waals surface area contributed by atoms with Crippen molar-refractivity contribution in [2.24, 2.45) is 0 Å². The van der Waals surface area contributed by atoms with Gasteiger partial charge in [-0.2, -0.15) is 5.26 Å². The van der Waals surface area contributed by atoms with Crippen molar-refractivity contribution in [2.75, 3.05) is 0 Å². The lowest BCUT2D eigenvalue weighted by Gasteiger charge is -1.93. The lowest BCUT2D eigenvalue weighted by Crippen LogP contribution is -2.17. The molecule has 1 amide bonds. The number of nitriles is 1. The van der Waals surface area contributed by atoms with Crippen LogP contribution in [0.1, 0.15) is 11.4 Å². The zero-order valence-corrected chi connectivity index (χ0v) is 9.25. The van der Waals surface area contributed by atoms with E-state index >= 15 is 0 Å². The third kappa shape index (κ3) is 2.35. The van der Waals surface area contributed by atoms with Crippen molar-refractivity contribution in [1.82, 2.24) is 10.3 Å². The minimum absolute atomic E-state index is 0.262. The summed E-state index contributed by atoms with van der Waals surface area (Å²) in [6.45, 7) is 0. The number of hydrogen-bond donors (Lipinski definition) is 1. The molecule has 0 aliphatic carbocycles. The van der Waals surface area contributed by atoms with Crippen LogP contribution in [0.25, 0.3) is 10.2 Å². The first-order valence-corrected chi connectivity index (χ1v) is 5.63. The van der Waals surface area contributed by atoms with Crippen molar-refractivity contribution >= 4 is 27.5 Å². The number of benzene rings is 1. The zero-order valence-electron chi connectivity index (χ0n) is 8.43. The van der Waals surface area contributed by atoms with E-state index < -0.39 is 0 Å². The van der Waals surface area contributed by atoms with Crippen LogP contribution in [-0.2, 0) is 11.2 Å². The maximum atomic E-state index is 11.1. The molecular weight excluding hydrogens is 222 g/mol. The van der Waals surface area contributed by atoms with Crippen molar-refractivity contribution in [2.45, 2.75) is 12.8 Å². The van der Waals surface area contributed by atoms with Crippen LogP contribution < -0.4 is 5.32 Å². The Morgan fingerprint density at radius 2 is 2.31 bits per heavy atom. The fourth-order valence-corrected chi connectivity index (χ4v) is 2.34. The molecule has 2 aromatic rings. The molecule has 0 bridgehead atoms. The van der Waals surface area contributed by atoms with E-state index in [-0.39, 0.29) is 5.91 Å². The number of aromatic nitrogens is 1. The number of fused-ring (bicyclic) bond motifs is 1. The summed E-state index contributed by atoms with van der Waals surface area (Å²) in [5.41, 5.74) is 0.961. The minimum atomic E-state index is -0.262. The fourth-order valence-electron chi connectivity index (χ4n) is 1.37. The van der Waals surface area contributed by atoms with Gasteiger partial charge in [0.2, 0.25) is 5.91 Å². The molecule has 0 unspecified atom stereocenters. The van der Waals surface area contributed by atoms with E-state index in [2.05, 4.69) is 10.3 Å². The van der Waals surface area contributed by atoms with Crippen LogP contribution >= 0.6 is 11.3 Å². The van der Waals surface area contributed by atoms with Crippen LogP contribution in [0.15, 0.2) is 24.3 Å². The fraction of sp³-hybridized carbons (Fsp3) is 0.182. The second kappa shape index (κ2) is 4.73. The smallest absolute Gasteiger partial charge is 0.233 e. The number of rotatable bonds is 3. The van der Waals surface area contributed by atoms with Gasteiger partial charge < -0.3 is 0 Å². The number of hydrogen-bond acceptors (Lipinski definition) is 4. The lowest BCUT2D eigenvalue weighted by atomic mass is 10.3. The van der Waals surface area contributed by atoms with Crippen molar-refractivity contribution < 1.29 is 4.79 Å². The molecule has 5 heteroatoms. The van der Waals surface area contributed by atoms with E-state index in [1.165, 1.54) is 0 Å². The average Bonchev–Trinajstić information content (AvgIpc) is 2.69. The third-order valence-electron chi connectivity index (χ3n) is 2.10. The highest BCUT2D eigenvalue weighted by molar-refractivity contribution is 7.18. The van der Waals surface area contributed by atoms with E-state index in [0.717, 1.165) is 15.2 Å². The molecular formula is C11H9N3OS. The minimum Gasteiger partial charge on any atom is -0.274 e. The summed E-state index contributed by atoms with van der Waals surface area (Å²) >= 11 is 1.58. The molecule has 1 heterocycles. The van der Waals surface area contributed by atoms with Crippen LogP contribution in [-0.4, -0.2) is 10.9 Å². The quantitative estimate of drug-likeness (QED) is 0.647. The van der Waals surface area contributed by atoms with Gasteiger partial charge in [0.25, 0.3) is 0 Å². The van der Waals surface area contributed by atoms with Crippen LogP contribution in [0.3, 0.4) is 0 Å². The van der Waals surface area contributed by atoms with Crippen LogP contribution in [0.2, 0.25) is 0 Å². The number of thiazole rings is 1. The van der Waals surface area contributed by atoms with Gasteiger partial charge in [0.1, 0.15) is 0 Å². The molecule has 0 saturated carbocycles. The predicted molar refractivity (Wildman–Crippen MR) is 61.7 cm³/mol. The van der Waals surface area contributed by atoms with E-state index in [0.29, 0.717) is 12.8 Å². The SMILES string of the molecule is N#CNC(=O)CCc1nc2ccccc2s1. The molecule has 0 radical (unpaired) electrons. The van der Waals surface area contributed by atoms with Gasteiger partial charge in [0.15, 0.2) is 6.19 Å². The molecule has 0 atom stereocenters. The highest BCUT2D eigenvalue weighted by Crippen LogP contribution is 2.22. The summed E-state index contributed by atoms with van der Waals surface area (Å²) in [5, 5.41) is 11.3. The molecule has 1 N–H and O–H groups in total. The molecule has 0 saturated heterocycles. The second-order valence-electron chi connectivity index (χ2n) is 3.24. The van der Waals surface area contributed by atoms with E-state index in [1.54, 1.807) is 17.5 Å². The third-order valence-corrected chi connectivity index (χ3v) is 3.20. The number of carbonyl (C=O) groups excluding carboxylic acids is 1. The second-order valence-corrected chi connectivity index (χ2v) is 4.35. The molecule has 2 rings (SSSR count). The van der Waals surface area contributed by atoms with Crippen LogP contribution in [0.5, 0.6) is 0 Å². The standard InChI is InChI=1S/C11H9N3OS/c12-7-13-10(15)5-6-11-14-8-3-1-2-4-9(8)16-11/h1-4H,5-6H2,(H,13,15). The Kier molecular flexibility index (Phi) is 3.13. The lowest BCUT2D eigenvalue weighted by molar-refractivity contribution is -0.119. The first-order chi connectivity index (χ1) is 7.79. The van der Waals surface area contributed by atoms with Gasteiger partial charge in [-0.15, -0.1) is 11.3 Å². The summed E-state index contributed by atoms with van der Waals surface area (Å²) < 4.78 is 1.12. The molecule has 0 aliphatic rings. The molecule has 1 aromatic heterocycles. The van der Waals surface area contributed by atoms with E-state index in [4.69, 9.17) is 5.26 Å². The Balaban J connectivity index is 2.05. The first kappa shape index (κ1) is 10.6. The average molecular weight is 231 g/mol. The monoisotopic (exact) mass is 231 g/mol. The van der Waals surface area contributed by atoms with Gasteiger partial charge in [-0.1, -0.05) is 12.1 Å². The Morgan fingerprint density at radius 1 is 1.50 bits per heavy atom. The highest BCUT2D eigenvalue weighted by atomic mass is 32.1. The largest absolute Gasteiger partial charge is 0.274 e. The summed E-state index contributed by atoms with van der Waals surface area (Å²) in [6, 6.07) is 7.86. The molecule has 80 valence electrons. The zero-order chi connectivity index (χ0) is 11.4. The van der Waals surface area contributed by atoms with Crippen molar-refractivity contribution in [1.29, 1.82) is 5.26 Å². The summed E-state index contributed by atoms with van der Waals surface area (Å²) in [6.07, 6.45) is 2.49. The normalized spacial score (nSPS) is 9.94. The first-order valence-electron chi connectivity index (χ1n) is 4.82. The molecule has 0 spiro atoms. The molecule has 0 aliphatic heterocycles. The molecule has 0 fully saturated rings. The maximum absolute atomic E-state index is 11.1.